The highest BCUT2D eigenvalue weighted by atomic mass is 19.1. The van der Waals surface area contributed by atoms with Crippen molar-refractivity contribution in [1.29, 1.82) is 0 Å². The number of likely N-dealkylation sites (tertiary alicyclic amines) is 1. The highest BCUT2D eigenvalue weighted by Crippen LogP contribution is 2.29. The van der Waals surface area contributed by atoms with Gasteiger partial charge in [-0.2, -0.15) is 0 Å². The van der Waals surface area contributed by atoms with Crippen LogP contribution in [0.3, 0.4) is 0 Å². The van der Waals surface area contributed by atoms with Crippen LogP contribution in [0.25, 0.3) is 5.69 Å². The van der Waals surface area contributed by atoms with Crippen molar-refractivity contribution >= 4 is 5.91 Å². The first-order valence-corrected chi connectivity index (χ1v) is 8.99. The Morgan fingerprint density at radius 3 is 2.23 bits per heavy atom. The van der Waals surface area contributed by atoms with Crippen LogP contribution < -0.4 is 0 Å². The van der Waals surface area contributed by atoms with Crippen molar-refractivity contribution in [2.75, 3.05) is 13.1 Å². The van der Waals surface area contributed by atoms with Gasteiger partial charge in [-0.15, -0.1) is 0 Å². The minimum absolute atomic E-state index is 0.0758. The van der Waals surface area contributed by atoms with Crippen LogP contribution in [0.15, 0.2) is 73.1 Å². The first kappa shape index (κ1) is 16.6. The second-order valence-electron chi connectivity index (χ2n) is 6.73. The SMILES string of the molecule is O=C(c1ccccc1-n1cccc1)N1CCC(c2ccc(F)cc2)CC1. The lowest BCUT2D eigenvalue weighted by Crippen LogP contribution is -2.38. The number of halogens is 1. The molecule has 1 aromatic heterocycles. The monoisotopic (exact) mass is 348 g/mol. The summed E-state index contributed by atoms with van der Waals surface area (Å²) < 4.78 is 15.1. The van der Waals surface area contributed by atoms with Gasteiger partial charge in [0.1, 0.15) is 5.82 Å². The van der Waals surface area contributed by atoms with Crippen LogP contribution in [-0.4, -0.2) is 28.5 Å². The third-order valence-electron chi connectivity index (χ3n) is 5.14. The summed E-state index contributed by atoms with van der Waals surface area (Å²) in [6, 6.07) is 18.4. The molecule has 4 rings (SSSR count). The second kappa shape index (κ2) is 7.16. The van der Waals surface area contributed by atoms with E-state index in [-0.39, 0.29) is 11.7 Å². The zero-order valence-corrected chi connectivity index (χ0v) is 14.5. The summed E-state index contributed by atoms with van der Waals surface area (Å²) in [5.74, 6) is 0.259. The van der Waals surface area contributed by atoms with Crippen molar-refractivity contribution in [3.63, 3.8) is 0 Å². The van der Waals surface area contributed by atoms with Gasteiger partial charge >= 0.3 is 0 Å². The predicted molar refractivity (Wildman–Crippen MR) is 100 cm³/mol. The number of hydrogen-bond donors (Lipinski definition) is 0. The van der Waals surface area contributed by atoms with Gasteiger partial charge in [0, 0.05) is 25.5 Å². The molecule has 1 amide bonds. The van der Waals surface area contributed by atoms with E-state index in [0.717, 1.165) is 42.7 Å². The molecule has 1 saturated heterocycles. The molecule has 1 aliphatic heterocycles. The number of hydrogen-bond acceptors (Lipinski definition) is 1. The van der Waals surface area contributed by atoms with Crippen LogP contribution in [0.4, 0.5) is 4.39 Å². The van der Waals surface area contributed by atoms with Crippen LogP contribution in [0.1, 0.15) is 34.7 Å². The fraction of sp³-hybridized carbons (Fsp3) is 0.227. The van der Waals surface area contributed by atoms with Gasteiger partial charge in [0.15, 0.2) is 0 Å². The van der Waals surface area contributed by atoms with Crippen molar-refractivity contribution in [1.82, 2.24) is 9.47 Å². The maximum Gasteiger partial charge on any atom is 0.255 e. The predicted octanol–water partition coefficient (Wildman–Crippen LogP) is 4.64. The Kier molecular flexibility index (Phi) is 4.57. The molecule has 0 radical (unpaired) electrons. The lowest BCUT2D eigenvalue weighted by atomic mass is 9.89. The van der Waals surface area contributed by atoms with E-state index in [0.29, 0.717) is 5.92 Å². The molecule has 0 saturated carbocycles. The molecule has 3 nitrogen and oxygen atoms in total. The molecule has 2 aromatic carbocycles. The van der Waals surface area contributed by atoms with E-state index in [2.05, 4.69) is 0 Å². The third kappa shape index (κ3) is 3.27. The summed E-state index contributed by atoms with van der Waals surface area (Å²) in [6.45, 7) is 1.45. The van der Waals surface area contributed by atoms with Crippen molar-refractivity contribution in [3.05, 3.63) is 90.0 Å². The molecular weight excluding hydrogens is 327 g/mol. The van der Waals surface area contributed by atoms with E-state index in [4.69, 9.17) is 0 Å². The van der Waals surface area contributed by atoms with Crippen LogP contribution in [0, 0.1) is 5.82 Å². The van der Waals surface area contributed by atoms with Crippen LogP contribution in [-0.2, 0) is 0 Å². The fourth-order valence-corrected chi connectivity index (χ4v) is 3.70. The number of aromatic nitrogens is 1. The van der Waals surface area contributed by atoms with Gasteiger partial charge in [0.05, 0.1) is 11.3 Å². The molecule has 26 heavy (non-hydrogen) atoms. The van der Waals surface area contributed by atoms with Crippen LogP contribution >= 0.6 is 0 Å². The van der Waals surface area contributed by atoms with Crippen molar-refractivity contribution in [2.45, 2.75) is 18.8 Å². The highest BCUT2D eigenvalue weighted by Gasteiger charge is 2.26. The Morgan fingerprint density at radius 1 is 0.885 bits per heavy atom. The standard InChI is InChI=1S/C22H21FN2O/c23-19-9-7-17(8-10-19)18-11-15-25(16-12-18)22(26)20-5-1-2-6-21(20)24-13-3-4-14-24/h1-10,13-14,18H,11-12,15-16H2. The number of benzene rings is 2. The number of para-hydroxylation sites is 1. The first-order valence-electron chi connectivity index (χ1n) is 8.99. The van der Waals surface area contributed by atoms with Gasteiger partial charge in [0.2, 0.25) is 0 Å². The van der Waals surface area contributed by atoms with Crippen molar-refractivity contribution < 1.29 is 9.18 Å². The zero-order chi connectivity index (χ0) is 17.9. The molecule has 2 heterocycles. The van der Waals surface area contributed by atoms with Crippen molar-refractivity contribution in [2.24, 2.45) is 0 Å². The molecule has 132 valence electrons. The fourth-order valence-electron chi connectivity index (χ4n) is 3.70. The Morgan fingerprint density at radius 2 is 1.54 bits per heavy atom. The molecule has 1 aliphatic rings. The zero-order valence-electron chi connectivity index (χ0n) is 14.5. The molecule has 0 bridgehead atoms. The smallest absolute Gasteiger partial charge is 0.255 e. The topological polar surface area (TPSA) is 25.2 Å². The molecule has 3 aromatic rings. The van der Waals surface area contributed by atoms with E-state index in [9.17, 15) is 9.18 Å². The summed E-state index contributed by atoms with van der Waals surface area (Å²) in [5.41, 5.74) is 2.79. The minimum atomic E-state index is -0.206. The van der Waals surface area contributed by atoms with Gasteiger partial charge < -0.3 is 9.47 Å². The van der Waals surface area contributed by atoms with Crippen molar-refractivity contribution in [3.8, 4) is 5.69 Å². The van der Waals surface area contributed by atoms with E-state index < -0.39 is 0 Å². The second-order valence-corrected chi connectivity index (χ2v) is 6.73. The number of carbonyl (C=O) groups is 1. The average Bonchev–Trinajstić information content (AvgIpc) is 3.23. The number of amides is 1. The molecule has 1 fully saturated rings. The summed E-state index contributed by atoms with van der Waals surface area (Å²) in [6.07, 6.45) is 5.71. The lowest BCUT2D eigenvalue weighted by Gasteiger charge is -2.32. The molecule has 4 heteroatoms. The van der Waals surface area contributed by atoms with Crippen LogP contribution in [0.5, 0.6) is 0 Å². The average molecular weight is 348 g/mol. The number of rotatable bonds is 3. The van der Waals surface area contributed by atoms with Gasteiger partial charge in [-0.25, -0.2) is 4.39 Å². The number of piperidine rings is 1. The summed E-state index contributed by atoms with van der Waals surface area (Å²) in [5, 5.41) is 0. The van der Waals surface area contributed by atoms with Gasteiger partial charge in [-0.1, -0.05) is 24.3 Å². The van der Waals surface area contributed by atoms with Gasteiger partial charge in [-0.05, 0) is 60.7 Å². The Hall–Kier alpha value is -2.88. The maximum absolute atomic E-state index is 13.1. The molecule has 0 N–H and O–H groups in total. The molecular formula is C22H21FN2O. The van der Waals surface area contributed by atoms with Gasteiger partial charge in [0.25, 0.3) is 5.91 Å². The third-order valence-corrected chi connectivity index (χ3v) is 5.14. The molecule has 0 unspecified atom stereocenters. The normalized spacial score (nSPS) is 15.2. The molecule has 0 aliphatic carbocycles. The van der Waals surface area contributed by atoms with Gasteiger partial charge in [-0.3, -0.25) is 4.79 Å². The maximum atomic E-state index is 13.1. The first-order chi connectivity index (χ1) is 12.7. The Balaban J connectivity index is 1.48. The largest absolute Gasteiger partial charge is 0.339 e. The summed E-state index contributed by atoms with van der Waals surface area (Å²) in [4.78, 5) is 15.0. The number of nitrogens with zero attached hydrogens (tertiary/aromatic N) is 2. The lowest BCUT2D eigenvalue weighted by molar-refractivity contribution is 0.0713. The Bertz CT molecular complexity index is 879. The van der Waals surface area contributed by atoms with E-state index >= 15 is 0 Å². The van der Waals surface area contributed by atoms with E-state index in [1.807, 2.05) is 70.4 Å². The number of carbonyl (C=O) groups excluding carboxylic acids is 1. The van der Waals surface area contributed by atoms with E-state index in [1.165, 1.54) is 12.1 Å². The molecule has 0 atom stereocenters. The Labute approximate surface area is 152 Å². The summed E-state index contributed by atoms with van der Waals surface area (Å²) >= 11 is 0. The minimum Gasteiger partial charge on any atom is -0.339 e. The molecule has 0 spiro atoms. The highest BCUT2D eigenvalue weighted by molar-refractivity contribution is 5.97. The van der Waals surface area contributed by atoms with E-state index in [1.54, 1.807) is 0 Å². The quantitative estimate of drug-likeness (QED) is 0.677. The van der Waals surface area contributed by atoms with Crippen LogP contribution in [0.2, 0.25) is 0 Å². The summed E-state index contributed by atoms with van der Waals surface area (Å²) in [7, 11) is 0.